The second-order valence-electron chi connectivity index (χ2n) is 6.19. The fourth-order valence-electron chi connectivity index (χ4n) is 2.78. The molecule has 0 radical (unpaired) electrons. The Morgan fingerprint density at radius 3 is 2.62 bits per heavy atom. The van der Waals surface area contributed by atoms with Crippen LogP contribution in [0.5, 0.6) is 0 Å². The first kappa shape index (κ1) is 16.0. The lowest BCUT2D eigenvalue weighted by Gasteiger charge is -2.29. The standard InChI is InChI=1S/C17H27N3O/c1-13(2)20(12-17-5-4-10-18-17)11-15-6-8-16(9-7-15)19-14(3)21/h6-9,13,17-18H,4-5,10-12H2,1-3H3,(H,19,21). The maximum atomic E-state index is 11.0. The Morgan fingerprint density at radius 1 is 1.38 bits per heavy atom. The van der Waals surface area contributed by atoms with E-state index in [2.05, 4.69) is 41.5 Å². The van der Waals surface area contributed by atoms with E-state index in [1.165, 1.54) is 25.3 Å². The second kappa shape index (κ2) is 7.57. The molecule has 1 aromatic rings. The molecule has 4 heteroatoms. The number of amides is 1. The lowest BCUT2D eigenvalue weighted by atomic mass is 10.1. The second-order valence-corrected chi connectivity index (χ2v) is 6.19. The van der Waals surface area contributed by atoms with Gasteiger partial charge in [-0.25, -0.2) is 0 Å². The van der Waals surface area contributed by atoms with Crippen molar-refractivity contribution in [1.29, 1.82) is 0 Å². The van der Waals surface area contributed by atoms with Gasteiger partial charge in [0, 0.05) is 37.8 Å². The summed E-state index contributed by atoms with van der Waals surface area (Å²) >= 11 is 0. The zero-order chi connectivity index (χ0) is 15.2. The molecule has 2 rings (SSSR count). The highest BCUT2D eigenvalue weighted by Gasteiger charge is 2.19. The molecule has 1 aliphatic heterocycles. The van der Waals surface area contributed by atoms with Gasteiger partial charge >= 0.3 is 0 Å². The van der Waals surface area contributed by atoms with Gasteiger partial charge in [-0.1, -0.05) is 12.1 Å². The molecule has 1 amide bonds. The number of benzene rings is 1. The Bertz CT molecular complexity index is 450. The van der Waals surface area contributed by atoms with Gasteiger partial charge in [0.2, 0.25) is 5.91 Å². The summed E-state index contributed by atoms with van der Waals surface area (Å²) in [5.74, 6) is -0.0288. The smallest absolute Gasteiger partial charge is 0.221 e. The Labute approximate surface area is 127 Å². The Hall–Kier alpha value is -1.39. The summed E-state index contributed by atoms with van der Waals surface area (Å²) in [5.41, 5.74) is 2.15. The SMILES string of the molecule is CC(=O)Nc1ccc(CN(CC2CCCN2)C(C)C)cc1. The van der Waals surface area contributed by atoms with Gasteiger partial charge in [0.15, 0.2) is 0 Å². The summed E-state index contributed by atoms with van der Waals surface area (Å²) in [7, 11) is 0. The molecule has 21 heavy (non-hydrogen) atoms. The van der Waals surface area contributed by atoms with Crippen LogP contribution in [0.1, 0.15) is 39.2 Å². The van der Waals surface area contributed by atoms with Crippen molar-refractivity contribution in [3.05, 3.63) is 29.8 Å². The first-order valence-electron chi connectivity index (χ1n) is 7.88. The first-order chi connectivity index (χ1) is 10.0. The quantitative estimate of drug-likeness (QED) is 0.846. The number of hydrogen-bond acceptors (Lipinski definition) is 3. The van der Waals surface area contributed by atoms with Crippen LogP contribution in [0.2, 0.25) is 0 Å². The molecular formula is C17H27N3O. The van der Waals surface area contributed by atoms with Gasteiger partial charge in [-0.15, -0.1) is 0 Å². The highest BCUT2D eigenvalue weighted by Crippen LogP contribution is 2.15. The van der Waals surface area contributed by atoms with E-state index in [9.17, 15) is 4.79 Å². The van der Waals surface area contributed by atoms with E-state index in [-0.39, 0.29) is 5.91 Å². The van der Waals surface area contributed by atoms with Crippen molar-refractivity contribution in [2.45, 2.75) is 52.2 Å². The van der Waals surface area contributed by atoms with Crippen molar-refractivity contribution < 1.29 is 4.79 Å². The van der Waals surface area contributed by atoms with Crippen molar-refractivity contribution in [3.63, 3.8) is 0 Å². The summed E-state index contributed by atoms with van der Waals surface area (Å²) in [4.78, 5) is 13.5. The third kappa shape index (κ3) is 5.14. The monoisotopic (exact) mass is 289 g/mol. The molecule has 0 aliphatic carbocycles. The van der Waals surface area contributed by atoms with Gasteiger partial charge in [-0.3, -0.25) is 9.69 Å². The van der Waals surface area contributed by atoms with E-state index >= 15 is 0 Å². The zero-order valence-electron chi connectivity index (χ0n) is 13.4. The average molecular weight is 289 g/mol. The molecule has 1 aliphatic rings. The molecule has 1 fully saturated rings. The minimum atomic E-state index is -0.0288. The van der Waals surface area contributed by atoms with Crippen LogP contribution in [-0.4, -0.2) is 36.0 Å². The van der Waals surface area contributed by atoms with E-state index in [1.807, 2.05) is 12.1 Å². The molecule has 1 aromatic carbocycles. The molecule has 1 saturated heterocycles. The van der Waals surface area contributed by atoms with Crippen LogP contribution in [0.25, 0.3) is 0 Å². The van der Waals surface area contributed by atoms with Crippen LogP contribution in [0, 0.1) is 0 Å². The maximum absolute atomic E-state index is 11.0. The number of nitrogens with zero attached hydrogens (tertiary/aromatic N) is 1. The van der Waals surface area contributed by atoms with Gasteiger partial charge < -0.3 is 10.6 Å². The van der Waals surface area contributed by atoms with Crippen molar-refractivity contribution >= 4 is 11.6 Å². The molecule has 0 spiro atoms. The number of carbonyl (C=O) groups excluding carboxylic acids is 1. The van der Waals surface area contributed by atoms with E-state index in [0.29, 0.717) is 12.1 Å². The third-order valence-corrected chi connectivity index (χ3v) is 4.01. The van der Waals surface area contributed by atoms with Crippen molar-refractivity contribution in [2.75, 3.05) is 18.4 Å². The lowest BCUT2D eigenvalue weighted by molar-refractivity contribution is -0.114. The van der Waals surface area contributed by atoms with Crippen molar-refractivity contribution in [2.24, 2.45) is 0 Å². The first-order valence-corrected chi connectivity index (χ1v) is 7.88. The van der Waals surface area contributed by atoms with E-state index < -0.39 is 0 Å². The van der Waals surface area contributed by atoms with Gasteiger partial charge in [0.25, 0.3) is 0 Å². The molecule has 4 nitrogen and oxygen atoms in total. The highest BCUT2D eigenvalue weighted by atomic mass is 16.1. The summed E-state index contributed by atoms with van der Waals surface area (Å²) in [6, 6.07) is 9.31. The van der Waals surface area contributed by atoms with Crippen LogP contribution in [0.4, 0.5) is 5.69 Å². The Balaban J connectivity index is 1.94. The van der Waals surface area contributed by atoms with Crippen LogP contribution in [0.3, 0.4) is 0 Å². The van der Waals surface area contributed by atoms with Crippen molar-refractivity contribution in [1.82, 2.24) is 10.2 Å². The Kier molecular flexibility index (Phi) is 5.76. The summed E-state index contributed by atoms with van der Waals surface area (Å²) in [5, 5.41) is 6.37. The molecule has 0 bridgehead atoms. The fourth-order valence-corrected chi connectivity index (χ4v) is 2.78. The normalized spacial score (nSPS) is 18.4. The predicted octanol–water partition coefficient (Wildman–Crippen LogP) is 2.61. The lowest BCUT2D eigenvalue weighted by Crippen LogP contribution is -2.40. The number of nitrogens with one attached hydrogen (secondary N) is 2. The fraction of sp³-hybridized carbons (Fsp3) is 0.588. The molecule has 1 unspecified atom stereocenters. The molecular weight excluding hydrogens is 262 g/mol. The van der Waals surface area contributed by atoms with E-state index in [4.69, 9.17) is 0 Å². The highest BCUT2D eigenvalue weighted by molar-refractivity contribution is 5.88. The van der Waals surface area contributed by atoms with Gasteiger partial charge in [-0.05, 0) is 50.9 Å². The van der Waals surface area contributed by atoms with Crippen LogP contribution in [-0.2, 0) is 11.3 Å². The largest absolute Gasteiger partial charge is 0.326 e. The third-order valence-electron chi connectivity index (χ3n) is 4.01. The average Bonchev–Trinajstić information content (AvgIpc) is 2.92. The van der Waals surface area contributed by atoms with E-state index in [0.717, 1.165) is 25.3 Å². The minimum Gasteiger partial charge on any atom is -0.326 e. The Morgan fingerprint density at radius 2 is 2.10 bits per heavy atom. The topological polar surface area (TPSA) is 44.4 Å². The predicted molar refractivity (Wildman–Crippen MR) is 87.3 cm³/mol. The van der Waals surface area contributed by atoms with Crippen LogP contribution >= 0.6 is 0 Å². The maximum Gasteiger partial charge on any atom is 0.221 e. The zero-order valence-corrected chi connectivity index (χ0v) is 13.4. The number of anilines is 1. The van der Waals surface area contributed by atoms with Crippen LogP contribution < -0.4 is 10.6 Å². The van der Waals surface area contributed by atoms with Crippen LogP contribution in [0.15, 0.2) is 24.3 Å². The molecule has 0 aromatic heterocycles. The number of carbonyl (C=O) groups is 1. The van der Waals surface area contributed by atoms with Gasteiger partial charge in [0.1, 0.15) is 0 Å². The van der Waals surface area contributed by atoms with Crippen molar-refractivity contribution in [3.8, 4) is 0 Å². The minimum absolute atomic E-state index is 0.0288. The summed E-state index contributed by atoms with van der Waals surface area (Å²) in [6.45, 7) is 9.24. The molecule has 0 saturated carbocycles. The number of rotatable bonds is 6. The molecule has 1 atom stereocenters. The summed E-state index contributed by atoms with van der Waals surface area (Å²) < 4.78 is 0. The summed E-state index contributed by atoms with van der Waals surface area (Å²) in [6.07, 6.45) is 2.58. The van der Waals surface area contributed by atoms with E-state index in [1.54, 1.807) is 0 Å². The molecule has 2 N–H and O–H groups in total. The molecule has 116 valence electrons. The van der Waals surface area contributed by atoms with Gasteiger partial charge in [0.05, 0.1) is 0 Å². The number of hydrogen-bond donors (Lipinski definition) is 2. The molecule has 1 heterocycles. The van der Waals surface area contributed by atoms with Gasteiger partial charge in [-0.2, -0.15) is 0 Å².